The summed E-state index contributed by atoms with van der Waals surface area (Å²) in [6, 6.07) is 8.01. The molecule has 1 aromatic rings. The molecule has 3 nitrogen and oxygen atoms in total. The third-order valence-electron chi connectivity index (χ3n) is 2.87. The monoisotopic (exact) mass is 206 g/mol. The lowest BCUT2D eigenvalue weighted by Crippen LogP contribution is -2.53. The Morgan fingerprint density at radius 1 is 1.33 bits per heavy atom. The average molecular weight is 206 g/mol. The fourth-order valence-corrected chi connectivity index (χ4v) is 2.04. The Morgan fingerprint density at radius 2 is 2.07 bits per heavy atom. The molecule has 1 aliphatic heterocycles. The summed E-state index contributed by atoms with van der Waals surface area (Å²) in [4.78, 5) is 2.33. The van der Waals surface area contributed by atoms with Crippen LogP contribution in [0, 0.1) is 0 Å². The summed E-state index contributed by atoms with van der Waals surface area (Å²) in [6.45, 7) is 6.79. The molecule has 1 saturated heterocycles. The van der Waals surface area contributed by atoms with Crippen LogP contribution in [-0.4, -0.2) is 25.3 Å². The summed E-state index contributed by atoms with van der Waals surface area (Å²) in [7, 11) is 0. The van der Waals surface area contributed by atoms with Gasteiger partial charge in [-0.3, -0.25) is 0 Å². The van der Waals surface area contributed by atoms with Gasteiger partial charge < -0.3 is 15.4 Å². The van der Waals surface area contributed by atoms with Crippen molar-refractivity contribution >= 4 is 11.4 Å². The first-order valence-electron chi connectivity index (χ1n) is 5.31. The molecule has 82 valence electrons. The highest BCUT2D eigenvalue weighted by atomic mass is 16.5. The van der Waals surface area contributed by atoms with Gasteiger partial charge in [0.05, 0.1) is 30.1 Å². The smallest absolute Gasteiger partial charge is 0.0694 e. The van der Waals surface area contributed by atoms with E-state index in [2.05, 4.69) is 24.8 Å². The van der Waals surface area contributed by atoms with Gasteiger partial charge in [-0.15, -0.1) is 0 Å². The van der Waals surface area contributed by atoms with Crippen LogP contribution in [0.15, 0.2) is 24.3 Å². The molecule has 0 aromatic heterocycles. The zero-order valence-corrected chi connectivity index (χ0v) is 9.36. The van der Waals surface area contributed by atoms with E-state index in [1.807, 2.05) is 18.2 Å². The van der Waals surface area contributed by atoms with Crippen LogP contribution >= 0.6 is 0 Å². The fraction of sp³-hybridized carbons (Fsp3) is 0.500. The van der Waals surface area contributed by atoms with Crippen molar-refractivity contribution in [3.8, 4) is 0 Å². The van der Waals surface area contributed by atoms with Gasteiger partial charge in [0, 0.05) is 6.54 Å². The van der Waals surface area contributed by atoms with Gasteiger partial charge in [0.1, 0.15) is 0 Å². The van der Waals surface area contributed by atoms with Crippen LogP contribution in [0.5, 0.6) is 0 Å². The Kier molecular flexibility index (Phi) is 2.57. The molecule has 3 heteroatoms. The van der Waals surface area contributed by atoms with Crippen LogP contribution in [0.25, 0.3) is 0 Å². The second-order valence-electron chi connectivity index (χ2n) is 4.58. The van der Waals surface area contributed by atoms with Crippen LogP contribution < -0.4 is 10.6 Å². The topological polar surface area (TPSA) is 38.5 Å². The predicted octanol–water partition coefficient (Wildman–Crippen LogP) is 1.88. The lowest BCUT2D eigenvalue weighted by Gasteiger charge is -2.44. The highest BCUT2D eigenvalue weighted by Crippen LogP contribution is 2.30. The first kappa shape index (κ1) is 10.3. The summed E-state index contributed by atoms with van der Waals surface area (Å²) in [5.41, 5.74) is 7.97. The van der Waals surface area contributed by atoms with Crippen LogP contribution in [0.2, 0.25) is 0 Å². The van der Waals surface area contributed by atoms with Gasteiger partial charge in [-0.05, 0) is 26.0 Å². The average Bonchev–Trinajstić information content (AvgIpc) is 2.19. The van der Waals surface area contributed by atoms with Gasteiger partial charge in [0.2, 0.25) is 0 Å². The molecule has 0 radical (unpaired) electrons. The molecule has 0 saturated carbocycles. The van der Waals surface area contributed by atoms with Crippen molar-refractivity contribution in [1.82, 2.24) is 0 Å². The molecule has 0 spiro atoms. The number of hydrogen-bond acceptors (Lipinski definition) is 3. The molecule has 0 amide bonds. The molecular formula is C12H18N2O. The number of para-hydroxylation sites is 2. The zero-order valence-electron chi connectivity index (χ0n) is 9.36. The summed E-state index contributed by atoms with van der Waals surface area (Å²) in [5, 5.41) is 0. The van der Waals surface area contributed by atoms with E-state index in [1.165, 1.54) is 0 Å². The highest BCUT2D eigenvalue weighted by molar-refractivity contribution is 5.68. The standard InChI is InChI=1S/C12H18N2O/c1-12(2)9-15-8-7-14(12)11-6-4-3-5-10(11)13/h3-6H,7-9,13H2,1-2H3. The largest absolute Gasteiger partial charge is 0.397 e. The van der Waals surface area contributed by atoms with E-state index in [-0.39, 0.29) is 5.54 Å². The highest BCUT2D eigenvalue weighted by Gasteiger charge is 2.31. The number of ether oxygens (including phenoxy) is 1. The van der Waals surface area contributed by atoms with Gasteiger partial charge >= 0.3 is 0 Å². The molecule has 15 heavy (non-hydrogen) atoms. The summed E-state index contributed by atoms with van der Waals surface area (Å²) in [5.74, 6) is 0. The van der Waals surface area contributed by atoms with Crippen molar-refractivity contribution in [2.45, 2.75) is 19.4 Å². The van der Waals surface area contributed by atoms with E-state index in [0.717, 1.165) is 31.1 Å². The van der Waals surface area contributed by atoms with Gasteiger partial charge in [0.15, 0.2) is 0 Å². The minimum Gasteiger partial charge on any atom is -0.397 e. The quantitative estimate of drug-likeness (QED) is 0.713. The first-order chi connectivity index (χ1) is 7.11. The van der Waals surface area contributed by atoms with Crippen LogP contribution in [0.1, 0.15) is 13.8 Å². The van der Waals surface area contributed by atoms with Crippen LogP contribution in [-0.2, 0) is 4.74 Å². The minimum atomic E-state index is 0.0216. The fourth-order valence-electron chi connectivity index (χ4n) is 2.04. The predicted molar refractivity (Wildman–Crippen MR) is 63.1 cm³/mol. The van der Waals surface area contributed by atoms with Gasteiger partial charge in [0.25, 0.3) is 0 Å². The number of nitrogen functional groups attached to an aromatic ring is 1. The van der Waals surface area contributed by atoms with E-state index < -0.39 is 0 Å². The summed E-state index contributed by atoms with van der Waals surface area (Å²) in [6.07, 6.45) is 0. The number of hydrogen-bond donors (Lipinski definition) is 1. The molecule has 2 rings (SSSR count). The Balaban J connectivity index is 2.33. The molecule has 0 atom stereocenters. The van der Waals surface area contributed by atoms with Crippen LogP contribution in [0.4, 0.5) is 11.4 Å². The first-order valence-corrected chi connectivity index (χ1v) is 5.31. The molecule has 1 heterocycles. The molecular weight excluding hydrogens is 188 g/mol. The molecule has 1 aromatic carbocycles. The number of nitrogens with zero attached hydrogens (tertiary/aromatic N) is 1. The Labute approximate surface area is 90.8 Å². The van der Waals surface area contributed by atoms with E-state index in [9.17, 15) is 0 Å². The summed E-state index contributed by atoms with van der Waals surface area (Å²) >= 11 is 0. The van der Waals surface area contributed by atoms with E-state index >= 15 is 0 Å². The van der Waals surface area contributed by atoms with Crippen molar-refractivity contribution in [2.24, 2.45) is 0 Å². The Hall–Kier alpha value is -1.22. The lowest BCUT2D eigenvalue weighted by atomic mass is 10.0. The van der Waals surface area contributed by atoms with E-state index in [4.69, 9.17) is 10.5 Å². The van der Waals surface area contributed by atoms with Crippen molar-refractivity contribution in [3.05, 3.63) is 24.3 Å². The number of benzene rings is 1. The minimum absolute atomic E-state index is 0.0216. The normalized spacial score (nSPS) is 20.3. The van der Waals surface area contributed by atoms with Crippen molar-refractivity contribution in [2.75, 3.05) is 30.4 Å². The SMILES string of the molecule is CC1(C)COCCN1c1ccccc1N. The summed E-state index contributed by atoms with van der Waals surface area (Å²) < 4.78 is 5.49. The van der Waals surface area contributed by atoms with Gasteiger partial charge in [-0.1, -0.05) is 12.1 Å². The second-order valence-corrected chi connectivity index (χ2v) is 4.58. The van der Waals surface area contributed by atoms with E-state index in [1.54, 1.807) is 0 Å². The molecule has 2 N–H and O–H groups in total. The Morgan fingerprint density at radius 3 is 2.73 bits per heavy atom. The molecule has 0 unspecified atom stereocenters. The number of nitrogens with two attached hydrogens (primary N) is 1. The maximum atomic E-state index is 5.99. The Bertz CT molecular complexity index is 349. The zero-order chi connectivity index (χ0) is 10.9. The third kappa shape index (κ3) is 1.92. The van der Waals surface area contributed by atoms with Crippen LogP contribution in [0.3, 0.4) is 0 Å². The van der Waals surface area contributed by atoms with E-state index in [0.29, 0.717) is 0 Å². The lowest BCUT2D eigenvalue weighted by molar-refractivity contribution is 0.0645. The molecule has 1 fully saturated rings. The number of anilines is 2. The second kappa shape index (κ2) is 3.74. The van der Waals surface area contributed by atoms with Gasteiger partial charge in [-0.2, -0.15) is 0 Å². The van der Waals surface area contributed by atoms with Crippen molar-refractivity contribution in [3.63, 3.8) is 0 Å². The molecule has 0 aliphatic carbocycles. The number of rotatable bonds is 1. The van der Waals surface area contributed by atoms with Crippen molar-refractivity contribution < 1.29 is 4.74 Å². The maximum absolute atomic E-state index is 5.99. The van der Waals surface area contributed by atoms with Gasteiger partial charge in [-0.25, -0.2) is 0 Å². The maximum Gasteiger partial charge on any atom is 0.0694 e. The third-order valence-corrected chi connectivity index (χ3v) is 2.87. The molecule has 0 bridgehead atoms. The number of morpholine rings is 1. The van der Waals surface area contributed by atoms with Crippen molar-refractivity contribution in [1.29, 1.82) is 0 Å². The molecule has 1 aliphatic rings.